The van der Waals surface area contributed by atoms with Crippen LogP contribution in [-0.4, -0.2) is 46.3 Å². The number of aromatic nitrogens is 3. The van der Waals surface area contributed by atoms with Crippen LogP contribution in [0.5, 0.6) is 0 Å². The number of nitrogens with zero attached hydrogens (tertiary/aromatic N) is 5. The van der Waals surface area contributed by atoms with Crippen molar-refractivity contribution in [2.24, 2.45) is 0 Å². The molecular formula is C20H22ClN5S. The Morgan fingerprint density at radius 3 is 2.56 bits per heavy atom. The standard InChI is InChI=1S/C20H22ClN5S/c1-15(17-3-2-8-22-14-17)25-9-11-26(12-10-25)20-24-23-19(27-20)13-16-4-6-18(21)7-5-16/h2-8,14-15H,9-13H2,1H3. The minimum atomic E-state index is 0.385. The smallest absolute Gasteiger partial charge is 0.208 e. The van der Waals surface area contributed by atoms with E-state index in [1.807, 2.05) is 42.7 Å². The zero-order chi connectivity index (χ0) is 18.6. The molecule has 0 bridgehead atoms. The van der Waals surface area contributed by atoms with Crippen molar-refractivity contribution < 1.29 is 0 Å². The van der Waals surface area contributed by atoms with Crippen LogP contribution in [0, 0.1) is 0 Å². The molecule has 0 radical (unpaired) electrons. The van der Waals surface area contributed by atoms with Gasteiger partial charge in [0.25, 0.3) is 0 Å². The van der Waals surface area contributed by atoms with Gasteiger partial charge in [0.2, 0.25) is 5.13 Å². The Hall–Kier alpha value is -2.02. The number of hydrogen-bond donors (Lipinski definition) is 0. The van der Waals surface area contributed by atoms with E-state index in [1.54, 1.807) is 11.3 Å². The van der Waals surface area contributed by atoms with Crippen LogP contribution in [0.1, 0.15) is 29.1 Å². The molecule has 4 rings (SSSR count). The average molecular weight is 400 g/mol. The maximum Gasteiger partial charge on any atom is 0.208 e. The van der Waals surface area contributed by atoms with Gasteiger partial charge in [-0.05, 0) is 36.2 Å². The monoisotopic (exact) mass is 399 g/mol. The van der Waals surface area contributed by atoms with E-state index in [-0.39, 0.29) is 0 Å². The Labute approximate surface area is 168 Å². The molecule has 2 aromatic heterocycles. The van der Waals surface area contributed by atoms with Crippen molar-refractivity contribution in [2.75, 3.05) is 31.1 Å². The first kappa shape index (κ1) is 18.3. The zero-order valence-corrected chi connectivity index (χ0v) is 16.8. The fourth-order valence-electron chi connectivity index (χ4n) is 3.36. The topological polar surface area (TPSA) is 45.2 Å². The lowest BCUT2D eigenvalue weighted by Crippen LogP contribution is -2.47. The molecule has 0 amide bonds. The van der Waals surface area contributed by atoms with Crippen molar-refractivity contribution in [1.29, 1.82) is 0 Å². The van der Waals surface area contributed by atoms with Crippen LogP contribution < -0.4 is 4.90 Å². The van der Waals surface area contributed by atoms with E-state index >= 15 is 0 Å². The van der Waals surface area contributed by atoms with Crippen molar-refractivity contribution in [1.82, 2.24) is 20.1 Å². The van der Waals surface area contributed by atoms with Gasteiger partial charge in [0.1, 0.15) is 5.01 Å². The lowest BCUT2D eigenvalue weighted by molar-refractivity contribution is 0.198. The van der Waals surface area contributed by atoms with Crippen molar-refractivity contribution >= 4 is 28.1 Å². The SMILES string of the molecule is CC(c1cccnc1)N1CCN(c2nnc(Cc3ccc(Cl)cc3)s2)CC1. The number of benzene rings is 1. The predicted octanol–water partition coefficient (Wildman–Crippen LogP) is 4.06. The van der Waals surface area contributed by atoms with Crippen molar-refractivity contribution in [3.8, 4) is 0 Å². The molecule has 0 N–H and O–H groups in total. The summed E-state index contributed by atoms with van der Waals surface area (Å²) in [5.74, 6) is 0. The molecule has 3 aromatic rings. The van der Waals surface area contributed by atoms with E-state index < -0.39 is 0 Å². The first-order valence-electron chi connectivity index (χ1n) is 9.15. The van der Waals surface area contributed by atoms with E-state index in [9.17, 15) is 0 Å². The molecule has 1 fully saturated rings. The van der Waals surface area contributed by atoms with Gasteiger partial charge in [0.15, 0.2) is 0 Å². The maximum absolute atomic E-state index is 5.95. The highest BCUT2D eigenvalue weighted by molar-refractivity contribution is 7.15. The van der Waals surface area contributed by atoms with Crippen LogP contribution in [-0.2, 0) is 6.42 Å². The Kier molecular flexibility index (Phi) is 5.66. The summed E-state index contributed by atoms with van der Waals surface area (Å²) in [4.78, 5) is 9.09. The summed E-state index contributed by atoms with van der Waals surface area (Å²) in [6, 6.07) is 12.5. The van der Waals surface area contributed by atoms with Gasteiger partial charge >= 0.3 is 0 Å². The fraction of sp³-hybridized carbons (Fsp3) is 0.350. The lowest BCUT2D eigenvalue weighted by atomic mass is 10.1. The molecule has 1 aliphatic rings. The molecule has 0 saturated carbocycles. The van der Waals surface area contributed by atoms with Gasteiger partial charge in [0.05, 0.1) is 0 Å². The van der Waals surface area contributed by atoms with Gasteiger partial charge in [-0.15, -0.1) is 10.2 Å². The average Bonchev–Trinajstić information content (AvgIpc) is 3.18. The number of piperazine rings is 1. The summed E-state index contributed by atoms with van der Waals surface area (Å²) in [6.45, 7) is 6.23. The Morgan fingerprint density at radius 1 is 1.07 bits per heavy atom. The zero-order valence-electron chi connectivity index (χ0n) is 15.3. The molecule has 140 valence electrons. The van der Waals surface area contributed by atoms with Crippen LogP contribution >= 0.6 is 22.9 Å². The third-order valence-corrected chi connectivity index (χ3v) is 6.26. The highest BCUT2D eigenvalue weighted by Gasteiger charge is 2.24. The predicted molar refractivity (Wildman–Crippen MR) is 111 cm³/mol. The molecule has 7 heteroatoms. The largest absolute Gasteiger partial charge is 0.344 e. The minimum absolute atomic E-state index is 0.385. The van der Waals surface area contributed by atoms with Crippen LogP contribution in [0.3, 0.4) is 0 Å². The molecule has 27 heavy (non-hydrogen) atoms. The highest BCUT2D eigenvalue weighted by atomic mass is 35.5. The molecule has 5 nitrogen and oxygen atoms in total. The van der Waals surface area contributed by atoms with E-state index in [0.29, 0.717) is 6.04 Å². The summed E-state index contributed by atoms with van der Waals surface area (Å²) in [7, 11) is 0. The second kappa shape index (κ2) is 8.33. The first-order chi connectivity index (χ1) is 13.2. The van der Waals surface area contributed by atoms with E-state index in [1.165, 1.54) is 11.1 Å². The lowest BCUT2D eigenvalue weighted by Gasteiger charge is -2.37. The second-order valence-corrected chi connectivity index (χ2v) is 8.24. The minimum Gasteiger partial charge on any atom is -0.344 e. The molecule has 1 atom stereocenters. The molecule has 1 unspecified atom stereocenters. The summed E-state index contributed by atoms with van der Waals surface area (Å²) in [5, 5.41) is 11.6. The number of halogens is 1. The third-order valence-electron chi connectivity index (χ3n) is 5.02. The molecule has 1 aromatic carbocycles. The third kappa shape index (κ3) is 4.46. The first-order valence-corrected chi connectivity index (χ1v) is 10.3. The number of anilines is 1. The Balaban J connectivity index is 1.34. The van der Waals surface area contributed by atoms with Crippen LogP contribution in [0.25, 0.3) is 0 Å². The number of pyridine rings is 1. The second-order valence-electron chi connectivity index (χ2n) is 6.77. The Morgan fingerprint density at radius 2 is 1.85 bits per heavy atom. The van der Waals surface area contributed by atoms with E-state index in [0.717, 1.165) is 47.8 Å². The van der Waals surface area contributed by atoms with Gasteiger partial charge < -0.3 is 4.90 Å². The van der Waals surface area contributed by atoms with Crippen molar-refractivity contribution in [3.05, 3.63) is 69.9 Å². The summed E-state index contributed by atoms with van der Waals surface area (Å²) >= 11 is 7.64. The van der Waals surface area contributed by atoms with Gasteiger partial charge in [-0.1, -0.05) is 41.1 Å². The molecule has 1 saturated heterocycles. The van der Waals surface area contributed by atoms with Crippen LogP contribution in [0.15, 0.2) is 48.8 Å². The van der Waals surface area contributed by atoms with Gasteiger partial charge in [-0.25, -0.2) is 0 Å². The highest BCUT2D eigenvalue weighted by Crippen LogP contribution is 2.26. The van der Waals surface area contributed by atoms with Crippen molar-refractivity contribution in [3.63, 3.8) is 0 Å². The quantitative estimate of drug-likeness (QED) is 0.647. The van der Waals surface area contributed by atoms with Gasteiger partial charge in [-0.3, -0.25) is 9.88 Å². The fourth-order valence-corrected chi connectivity index (χ4v) is 4.41. The van der Waals surface area contributed by atoms with Gasteiger partial charge in [-0.2, -0.15) is 0 Å². The van der Waals surface area contributed by atoms with Crippen LogP contribution in [0.2, 0.25) is 5.02 Å². The summed E-state index contributed by atoms with van der Waals surface area (Å²) in [6.07, 6.45) is 4.59. The normalized spacial score (nSPS) is 16.4. The maximum atomic E-state index is 5.95. The van der Waals surface area contributed by atoms with E-state index in [4.69, 9.17) is 11.6 Å². The van der Waals surface area contributed by atoms with Gasteiger partial charge in [0, 0.05) is 56.1 Å². The Bertz CT molecular complexity index is 860. The summed E-state index contributed by atoms with van der Waals surface area (Å²) in [5.41, 5.74) is 2.48. The molecular weight excluding hydrogens is 378 g/mol. The number of hydrogen-bond acceptors (Lipinski definition) is 6. The summed E-state index contributed by atoms with van der Waals surface area (Å²) < 4.78 is 0. The molecule has 3 heterocycles. The number of rotatable bonds is 5. The van der Waals surface area contributed by atoms with Crippen LogP contribution in [0.4, 0.5) is 5.13 Å². The van der Waals surface area contributed by atoms with Crippen molar-refractivity contribution in [2.45, 2.75) is 19.4 Å². The molecule has 0 aliphatic carbocycles. The van der Waals surface area contributed by atoms with E-state index in [2.05, 4.69) is 38.0 Å². The molecule has 0 spiro atoms. The molecule has 1 aliphatic heterocycles.